The van der Waals surface area contributed by atoms with Crippen LogP contribution in [-0.2, 0) is 4.79 Å². The summed E-state index contributed by atoms with van der Waals surface area (Å²) < 4.78 is 44.3. The Kier molecular flexibility index (Phi) is 4.16. The van der Waals surface area contributed by atoms with Crippen molar-refractivity contribution >= 4 is 18.1 Å². The van der Waals surface area contributed by atoms with Crippen molar-refractivity contribution in [2.75, 3.05) is 0 Å². The molecule has 0 aliphatic carbocycles. The van der Waals surface area contributed by atoms with Gasteiger partial charge in [-0.2, -0.15) is 13.2 Å². The quantitative estimate of drug-likeness (QED) is 0.870. The third kappa shape index (κ3) is 3.45. The number of benzene rings is 2. The molecule has 130 valence electrons. The van der Waals surface area contributed by atoms with Crippen molar-refractivity contribution in [1.82, 2.24) is 0 Å². The summed E-state index contributed by atoms with van der Waals surface area (Å²) in [7, 11) is 0. The van der Waals surface area contributed by atoms with E-state index in [1.807, 2.05) is 6.07 Å². The van der Waals surface area contributed by atoms with Gasteiger partial charge in [0.15, 0.2) is 0 Å². The van der Waals surface area contributed by atoms with E-state index >= 15 is 0 Å². The number of phenolic OH excluding ortho intramolecular Hbond substituents is 1. The van der Waals surface area contributed by atoms with Crippen molar-refractivity contribution in [3.05, 3.63) is 58.5 Å². The Labute approximate surface area is 140 Å². The van der Waals surface area contributed by atoms with E-state index in [1.54, 1.807) is 30.3 Å². The molecule has 25 heavy (non-hydrogen) atoms. The number of aliphatic carboxylic acids is 1. The molecule has 2 aromatic rings. The molecule has 3 rings (SSSR count). The molecule has 2 unspecified atom stereocenters. The van der Waals surface area contributed by atoms with E-state index in [9.17, 15) is 23.1 Å². The lowest BCUT2D eigenvalue weighted by Crippen LogP contribution is -2.47. The molecule has 7 heteroatoms. The predicted octanol–water partition coefficient (Wildman–Crippen LogP) is 2.03. The topological polar surface area (TPSA) is 66.8 Å². The summed E-state index contributed by atoms with van der Waals surface area (Å²) in [5.74, 6) is -3.83. The van der Waals surface area contributed by atoms with E-state index in [-0.39, 0.29) is 21.9 Å². The molecular formula is C18H13F3O4. The van der Waals surface area contributed by atoms with Gasteiger partial charge in [0, 0.05) is 10.4 Å². The largest absolute Gasteiger partial charge is 0.507 e. The molecule has 2 aromatic carbocycles. The Morgan fingerprint density at radius 3 is 2.44 bits per heavy atom. The molecule has 2 N–H and O–H groups in total. The molecule has 0 amide bonds. The second-order valence-electron chi connectivity index (χ2n) is 5.61. The first-order chi connectivity index (χ1) is 11.8. The molecule has 0 saturated heterocycles. The minimum atomic E-state index is -4.83. The normalized spacial score (nSPS) is 20.4. The summed E-state index contributed by atoms with van der Waals surface area (Å²) in [5.41, 5.74) is 0.744. The lowest BCUT2D eigenvalue weighted by molar-refractivity contribution is -0.209. The third-order valence-electron chi connectivity index (χ3n) is 3.83. The Morgan fingerprint density at radius 1 is 1.16 bits per heavy atom. The molecule has 1 heterocycles. The molecule has 1 aliphatic rings. The fourth-order valence-electron chi connectivity index (χ4n) is 2.64. The van der Waals surface area contributed by atoms with Crippen LogP contribution in [0.15, 0.2) is 42.5 Å². The van der Waals surface area contributed by atoms with Gasteiger partial charge in [0.1, 0.15) is 17.4 Å². The first-order valence-electron chi connectivity index (χ1n) is 7.33. The van der Waals surface area contributed by atoms with E-state index in [4.69, 9.17) is 9.84 Å². The third-order valence-corrected chi connectivity index (χ3v) is 3.83. The van der Waals surface area contributed by atoms with Crippen molar-refractivity contribution in [2.45, 2.75) is 12.3 Å². The SMILES string of the molecule is O=C(O)C1C=c2cc(O)c(=Cc3ccccc3)cc2OC1C(F)(F)F. The van der Waals surface area contributed by atoms with Gasteiger partial charge in [-0.15, -0.1) is 0 Å². The highest BCUT2D eigenvalue weighted by molar-refractivity contribution is 5.79. The molecule has 0 bridgehead atoms. The number of hydrogen-bond donors (Lipinski definition) is 2. The van der Waals surface area contributed by atoms with Gasteiger partial charge in [-0.3, -0.25) is 4.79 Å². The maximum Gasteiger partial charge on any atom is 0.426 e. The first kappa shape index (κ1) is 16.9. The summed E-state index contributed by atoms with van der Waals surface area (Å²) >= 11 is 0. The zero-order valence-electron chi connectivity index (χ0n) is 12.7. The number of carboxylic acids is 1. The van der Waals surface area contributed by atoms with Crippen molar-refractivity contribution in [1.29, 1.82) is 0 Å². The predicted molar refractivity (Wildman–Crippen MR) is 83.4 cm³/mol. The van der Waals surface area contributed by atoms with Crippen LogP contribution in [0.4, 0.5) is 13.2 Å². The van der Waals surface area contributed by atoms with E-state index in [0.29, 0.717) is 0 Å². The van der Waals surface area contributed by atoms with E-state index in [1.165, 1.54) is 12.1 Å². The molecular weight excluding hydrogens is 337 g/mol. The minimum Gasteiger partial charge on any atom is -0.507 e. The molecule has 4 nitrogen and oxygen atoms in total. The number of carbonyl (C=O) groups is 1. The minimum absolute atomic E-state index is 0.107. The van der Waals surface area contributed by atoms with Gasteiger partial charge >= 0.3 is 12.1 Å². The standard InChI is InChI=1S/C18H13F3O4/c19-18(20,21)16-13(17(23)24)7-12-8-14(22)11(9-15(12)25-16)6-10-4-2-1-3-5-10/h1-9,13,16,22H,(H,23,24). The van der Waals surface area contributed by atoms with Crippen LogP contribution in [0, 0.1) is 5.92 Å². The summed E-state index contributed by atoms with van der Waals surface area (Å²) in [6.45, 7) is 0. The zero-order valence-corrected chi connectivity index (χ0v) is 12.7. The Hall–Kier alpha value is -2.96. The number of aromatic hydroxyl groups is 1. The highest BCUT2D eigenvalue weighted by atomic mass is 19.4. The van der Waals surface area contributed by atoms with E-state index in [2.05, 4.69) is 0 Å². The van der Waals surface area contributed by atoms with Gasteiger partial charge in [0.05, 0.1) is 0 Å². The molecule has 1 aliphatic heterocycles. The number of alkyl halides is 3. The second kappa shape index (κ2) is 6.16. The Morgan fingerprint density at radius 2 is 1.84 bits per heavy atom. The van der Waals surface area contributed by atoms with Gasteiger partial charge < -0.3 is 14.9 Å². The van der Waals surface area contributed by atoms with Crippen LogP contribution in [0.3, 0.4) is 0 Å². The van der Waals surface area contributed by atoms with Crippen LogP contribution in [0.2, 0.25) is 0 Å². The summed E-state index contributed by atoms with van der Waals surface area (Å²) in [5, 5.41) is 19.5. The lowest BCUT2D eigenvalue weighted by Gasteiger charge is -2.28. The van der Waals surface area contributed by atoms with Gasteiger partial charge in [-0.1, -0.05) is 36.4 Å². The average molecular weight is 350 g/mol. The highest BCUT2D eigenvalue weighted by Gasteiger charge is 2.50. The summed E-state index contributed by atoms with van der Waals surface area (Å²) in [4.78, 5) is 11.1. The van der Waals surface area contributed by atoms with E-state index in [0.717, 1.165) is 11.6 Å². The Balaban J connectivity index is 2.14. The highest BCUT2D eigenvalue weighted by Crippen LogP contribution is 2.32. The molecule has 0 saturated carbocycles. The van der Waals surface area contributed by atoms with Crippen LogP contribution in [0.25, 0.3) is 12.2 Å². The zero-order chi connectivity index (χ0) is 18.2. The number of carboxylic acid groups (broad SMARTS) is 1. The second-order valence-corrected chi connectivity index (χ2v) is 5.61. The maximum absolute atomic E-state index is 13.1. The van der Waals surface area contributed by atoms with Gasteiger partial charge in [0.2, 0.25) is 6.10 Å². The van der Waals surface area contributed by atoms with Gasteiger partial charge in [-0.25, -0.2) is 0 Å². The number of fused-ring (bicyclic) bond motifs is 1. The maximum atomic E-state index is 13.1. The number of hydrogen-bond acceptors (Lipinski definition) is 3. The molecule has 2 atom stereocenters. The average Bonchev–Trinajstić information content (AvgIpc) is 2.54. The van der Waals surface area contributed by atoms with Gasteiger partial charge in [0.25, 0.3) is 0 Å². The number of rotatable bonds is 2. The number of ether oxygens (including phenoxy) is 1. The summed E-state index contributed by atoms with van der Waals surface area (Å²) in [6, 6.07) is 11.4. The van der Waals surface area contributed by atoms with Crippen LogP contribution < -0.4 is 15.2 Å². The number of phenols is 1. The molecule has 0 fully saturated rings. The van der Waals surface area contributed by atoms with Crippen LogP contribution in [-0.4, -0.2) is 28.5 Å². The van der Waals surface area contributed by atoms with Crippen molar-refractivity contribution in [3.8, 4) is 11.5 Å². The van der Waals surface area contributed by atoms with Crippen LogP contribution in [0.1, 0.15) is 5.56 Å². The smallest absolute Gasteiger partial charge is 0.426 e. The fraction of sp³-hybridized carbons (Fsp3) is 0.167. The fourth-order valence-corrected chi connectivity index (χ4v) is 2.64. The van der Waals surface area contributed by atoms with Gasteiger partial charge in [-0.05, 0) is 23.8 Å². The Bertz CT molecular complexity index is 920. The lowest BCUT2D eigenvalue weighted by atomic mass is 9.97. The molecule has 0 radical (unpaired) electrons. The monoisotopic (exact) mass is 350 g/mol. The van der Waals surface area contributed by atoms with Crippen LogP contribution >= 0.6 is 0 Å². The van der Waals surface area contributed by atoms with Crippen molar-refractivity contribution < 1.29 is 32.9 Å². The first-order valence-corrected chi connectivity index (χ1v) is 7.33. The molecule has 0 aromatic heterocycles. The molecule has 0 spiro atoms. The van der Waals surface area contributed by atoms with Crippen molar-refractivity contribution in [3.63, 3.8) is 0 Å². The number of halogens is 3. The van der Waals surface area contributed by atoms with Crippen LogP contribution in [0.5, 0.6) is 11.5 Å². The summed E-state index contributed by atoms with van der Waals surface area (Å²) in [6.07, 6.45) is -4.78. The van der Waals surface area contributed by atoms with Crippen molar-refractivity contribution in [2.24, 2.45) is 5.92 Å². The van der Waals surface area contributed by atoms with E-state index < -0.39 is 24.2 Å².